The molecule has 4 heavy (non-hydrogen) atoms. The SMILES string of the molecule is C[CH]C.[Hg]. The minimum atomic E-state index is 0. The van der Waals surface area contributed by atoms with Crippen LogP contribution in [0, 0.1) is 6.42 Å². The first kappa shape index (κ1) is 8.87. The molecule has 0 fully saturated rings. The third kappa shape index (κ3) is 12.6. The van der Waals surface area contributed by atoms with Crippen LogP contribution in [0.1, 0.15) is 13.8 Å². The molecule has 0 aliphatic carbocycles. The molecule has 0 aliphatic heterocycles. The summed E-state index contributed by atoms with van der Waals surface area (Å²) in [6.45, 7) is 4.00. The molecule has 0 rings (SSSR count). The summed E-state index contributed by atoms with van der Waals surface area (Å²) in [5.41, 5.74) is 0. The largest absolute Gasteiger partial charge is 0.0625 e. The molecule has 0 heterocycles. The van der Waals surface area contributed by atoms with E-state index in [0.717, 1.165) is 0 Å². The van der Waals surface area contributed by atoms with Crippen molar-refractivity contribution in [1.82, 2.24) is 0 Å². The molecule has 0 aliphatic rings. The minimum Gasteiger partial charge on any atom is -0.0625 e. The van der Waals surface area contributed by atoms with Crippen LogP contribution in [-0.4, -0.2) is 0 Å². The molecule has 0 saturated carbocycles. The zero-order chi connectivity index (χ0) is 2.71. The van der Waals surface area contributed by atoms with E-state index >= 15 is 0 Å². The van der Waals surface area contributed by atoms with E-state index in [4.69, 9.17) is 0 Å². The van der Waals surface area contributed by atoms with Gasteiger partial charge in [-0.2, -0.15) is 0 Å². The Morgan fingerprint density at radius 2 is 1.25 bits per heavy atom. The van der Waals surface area contributed by atoms with Crippen molar-refractivity contribution in [2.24, 2.45) is 0 Å². The van der Waals surface area contributed by atoms with Gasteiger partial charge in [-0.3, -0.25) is 0 Å². The van der Waals surface area contributed by atoms with Gasteiger partial charge in [0, 0.05) is 27.7 Å². The molecular weight excluding hydrogens is 237 g/mol. The van der Waals surface area contributed by atoms with Crippen LogP contribution in [0.2, 0.25) is 0 Å². The second-order valence-electron chi connectivity index (χ2n) is 0.577. The zero-order valence-corrected chi connectivity index (χ0v) is 8.78. The van der Waals surface area contributed by atoms with Gasteiger partial charge in [0.1, 0.15) is 0 Å². The standard InChI is InChI=1S/C3H7.Hg/c1-3-2;/h3H,1-2H3;. The first-order valence-electron chi connectivity index (χ1n) is 1.15. The summed E-state index contributed by atoms with van der Waals surface area (Å²) in [5, 5.41) is 0. The van der Waals surface area contributed by atoms with Gasteiger partial charge >= 0.3 is 0 Å². The molecule has 0 N–H and O–H groups in total. The molecule has 1 radical (unpaired) electrons. The van der Waals surface area contributed by atoms with E-state index in [1.54, 1.807) is 0 Å². The summed E-state index contributed by atoms with van der Waals surface area (Å²) in [6.07, 6.45) is 2.00. The van der Waals surface area contributed by atoms with Crippen molar-refractivity contribution in [2.75, 3.05) is 0 Å². The Balaban J connectivity index is 0. The molecule has 0 nitrogen and oxygen atoms in total. The van der Waals surface area contributed by atoms with E-state index < -0.39 is 0 Å². The van der Waals surface area contributed by atoms with E-state index in [2.05, 4.69) is 0 Å². The Labute approximate surface area is 48.1 Å². The van der Waals surface area contributed by atoms with Gasteiger partial charge in [0.15, 0.2) is 0 Å². The zero-order valence-electron chi connectivity index (χ0n) is 3.28. The molecule has 0 atom stereocenters. The van der Waals surface area contributed by atoms with Crippen LogP contribution in [0.15, 0.2) is 0 Å². The molecule has 0 aromatic rings. The van der Waals surface area contributed by atoms with Gasteiger partial charge in [0.25, 0.3) is 0 Å². The van der Waals surface area contributed by atoms with Gasteiger partial charge in [0.2, 0.25) is 0 Å². The van der Waals surface area contributed by atoms with E-state index in [0.29, 0.717) is 0 Å². The average molecular weight is 244 g/mol. The normalized spacial score (nSPS) is 4.50. The van der Waals surface area contributed by atoms with Crippen LogP contribution in [0.5, 0.6) is 0 Å². The topological polar surface area (TPSA) is 0 Å². The molecule has 0 saturated heterocycles. The maximum Gasteiger partial charge on any atom is 0 e. The first-order chi connectivity index (χ1) is 1.41. The second kappa shape index (κ2) is 9.05. The molecule has 1 heteroatoms. The van der Waals surface area contributed by atoms with E-state index in [1.807, 2.05) is 20.3 Å². The quantitative estimate of drug-likeness (QED) is 0.562. The molecular formula is C3H7Hg. The van der Waals surface area contributed by atoms with E-state index in [9.17, 15) is 0 Å². The summed E-state index contributed by atoms with van der Waals surface area (Å²) in [4.78, 5) is 0. The molecule has 0 bridgehead atoms. The number of hydrogen-bond donors (Lipinski definition) is 0. The summed E-state index contributed by atoms with van der Waals surface area (Å²) in [6, 6.07) is 0. The van der Waals surface area contributed by atoms with Gasteiger partial charge in [-0.15, -0.1) is 0 Å². The number of hydrogen-bond acceptors (Lipinski definition) is 0. The summed E-state index contributed by atoms with van der Waals surface area (Å²) < 4.78 is 0. The van der Waals surface area contributed by atoms with Crippen molar-refractivity contribution in [3.8, 4) is 0 Å². The smallest absolute Gasteiger partial charge is 0 e. The van der Waals surface area contributed by atoms with Crippen molar-refractivity contribution < 1.29 is 27.7 Å². The first-order valence-corrected chi connectivity index (χ1v) is 1.15. The summed E-state index contributed by atoms with van der Waals surface area (Å²) in [7, 11) is 0. The predicted octanol–water partition coefficient (Wildman–Crippen LogP) is 1.23. The van der Waals surface area contributed by atoms with Gasteiger partial charge < -0.3 is 0 Å². The Kier molecular flexibility index (Phi) is 20.1. The van der Waals surface area contributed by atoms with Gasteiger partial charge in [-0.1, -0.05) is 13.8 Å². The third-order valence-corrected chi connectivity index (χ3v) is 0. The van der Waals surface area contributed by atoms with Crippen molar-refractivity contribution in [3.63, 3.8) is 0 Å². The van der Waals surface area contributed by atoms with Gasteiger partial charge in [-0.05, 0) is 6.42 Å². The molecule has 0 aromatic heterocycles. The minimum absolute atomic E-state index is 0. The number of rotatable bonds is 0. The van der Waals surface area contributed by atoms with Gasteiger partial charge in [0.05, 0.1) is 0 Å². The van der Waals surface area contributed by atoms with Crippen molar-refractivity contribution >= 4 is 0 Å². The van der Waals surface area contributed by atoms with Crippen molar-refractivity contribution in [2.45, 2.75) is 13.8 Å². The molecule has 21 valence electrons. The summed E-state index contributed by atoms with van der Waals surface area (Å²) in [5.74, 6) is 0. The van der Waals surface area contributed by atoms with Crippen LogP contribution < -0.4 is 0 Å². The molecule has 0 unspecified atom stereocenters. The van der Waals surface area contributed by atoms with Crippen LogP contribution in [0.4, 0.5) is 0 Å². The van der Waals surface area contributed by atoms with Gasteiger partial charge in [-0.25, -0.2) is 0 Å². The van der Waals surface area contributed by atoms with E-state index in [1.165, 1.54) is 0 Å². The fourth-order valence-corrected chi connectivity index (χ4v) is 0. The van der Waals surface area contributed by atoms with Crippen LogP contribution >= 0.6 is 0 Å². The Bertz CT molecular complexity index is 3.25. The monoisotopic (exact) mass is 245 g/mol. The maximum atomic E-state index is 2.00. The second-order valence-corrected chi connectivity index (χ2v) is 0.577. The third-order valence-electron chi connectivity index (χ3n) is 0. The van der Waals surface area contributed by atoms with Crippen LogP contribution in [0.3, 0.4) is 0 Å². The molecule has 0 spiro atoms. The fourth-order valence-electron chi connectivity index (χ4n) is 0. The summed E-state index contributed by atoms with van der Waals surface area (Å²) >= 11 is 0. The Hall–Kier alpha value is 0.935. The predicted molar refractivity (Wildman–Crippen MR) is 15.6 cm³/mol. The fraction of sp³-hybridized carbons (Fsp3) is 0.667. The van der Waals surface area contributed by atoms with Crippen molar-refractivity contribution in [1.29, 1.82) is 0 Å². The molecule has 0 amide bonds. The van der Waals surface area contributed by atoms with Crippen LogP contribution in [0.25, 0.3) is 0 Å². The van der Waals surface area contributed by atoms with Crippen molar-refractivity contribution in [3.05, 3.63) is 6.42 Å². The Morgan fingerprint density at radius 1 is 1.25 bits per heavy atom. The average Bonchev–Trinajstić information content (AvgIpc) is 0.918. The molecule has 0 aromatic carbocycles. The maximum absolute atomic E-state index is 2.00. The Morgan fingerprint density at radius 3 is 1.25 bits per heavy atom. The van der Waals surface area contributed by atoms with E-state index in [-0.39, 0.29) is 27.7 Å². The van der Waals surface area contributed by atoms with Crippen LogP contribution in [-0.2, 0) is 27.7 Å².